The number of nitrogens with one attached hydrogen (secondary N) is 1. The van der Waals surface area contributed by atoms with Gasteiger partial charge in [0.05, 0.1) is 11.6 Å². The van der Waals surface area contributed by atoms with Gasteiger partial charge in [0.15, 0.2) is 17.6 Å². The van der Waals surface area contributed by atoms with Crippen molar-refractivity contribution in [3.63, 3.8) is 0 Å². The molecule has 0 bridgehead atoms. The van der Waals surface area contributed by atoms with Crippen molar-refractivity contribution in [3.8, 4) is 11.3 Å². The van der Waals surface area contributed by atoms with Gasteiger partial charge in [0.1, 0.15) is 10.7 Å². The van der Waals surface area contributed by atoms with Crippen molar-refractivity contribution in [1.82, 2.24) is 9.88 Å². The Balaban J connectivity index is 1.16. The summed E-state index contributed by atoms with van der Waals surface area (Å²) in [5.74, 6) is -1.60. The third kappa shape index (κ3) is 5.00. The second kappa shape index (κ2) is 9.78. The number of amides is 1. The van der Waals surface area contributed by atoms with Crippen LogP contribution in [0.5, 0.6) is 0 Å². The van der Waals surface area contributed by atoms with Gasteiger partial charge in [0.2, 0.25) is 0 Å². The number of aromatic nitrogens is 1. The number of carbonyl (C=O) groups excluding carboxylic acids is 2. The Hall–Kier alpha value is -3.64. The van der Waals surface area contributed by atoms with Gasteiger partial charge >= 0.3 is 5.97 Å². The van der Waals surface area contributed by atoms with Crippen molar-refractivity contribution in [2.75, 3.05) is 25.0 Å². The fourth-order valence-corrected chi connectivity index (χ4v) is 6.14. The number of fused-ring (bicyclic) bond motifs is 1. The van der Waals surface area contributed by atoms with E-state index in [9.17, 15) is 22.4 Å². The third-order valence-electron chi connectivity index (χ3n) is 5.90. The summed E-state index contributed by atoms with van der Waals surface area (Å²) in [6.45, 7) is 0.336. The quantitative estimate of drug-likeness (QED) is 0.505. The first-order valence-electron chi connectivity index (χ1n) is 11.2. The van der Waals surface area contributed by atoms with E-state index in [-0.39, 0.29) is 17.3 Å². The molecule has 0 radical (unpaired) electrons. The lowest BCUT2D eigenvalue weighted by atomic mass is 9.97. The number of amidine groups is 1. The van der Waals surface area contributed by atoms with E-state index in [0.29, 0.717) is 47.2 Å². The molecule has 2 aromatic carbocycles. The van der Waals surface area contributed by atoms with Crippen molar-refractivity contribution >= 4 is 44.2 Å². The smallest absolute Gasteiger partial charge is 0.311 e. The van der Waals surface area contributed by atoms with Gasteiger partial charge in [-0.25, -0.2) is 9.37 Å². The van der Waals surface area contributed by atoms with Crippen molar-refractivity contribution in [2.45, 2.75) is 17.7 Å². The maximum atomic E-state index is 13.1. The minimum Gasteiger partial charge on any atom is -0.455 e. The van der Waals surface area contributed by atoms with Crippen LogP contribution in [0.1, 0.15) is 18.4 Å². The number of piperidine rings is 1. The van der Waals surface area contributed by atoms with E-state index >= 15 is 0 Å². The first-order valence-corrected chi connectivity index (χ1v) is 13.5. The zero-order valence-electron chi connectivity index (χ0n) is 18.9. The highest BCUT2D eigenvalue weighted by atomic mass is 32.2. The van der Waals surface area contributed by atoms with E-state index in [1.807, 2.05) is 0 Å². The molecular formula is C24H21FN4O5S2. The fourth-order valence-electron chi connectivity index (χ4n) is 4.17. The van der Waals surface area contributed by atoms with E-state index in [1.165, 1.54) is 29.5 Å². The number of rotatable bonds is 5. The van der Waals surface area contributed by atoms with Crippen LogP contribution in [-0.2, 0) is 24.3 Å². The molecule has 9 nitrogen and oxygen atoms in total. The van der Waals surface area contributed by atoms with E-state index in [2.05, 4.69) is 14.7 Å². The van der Waals surface area contributed by atoms with Crippen LogP contribution in [0.2, 0.25) is 0 Å². The molecule has 3 aromatic rings. The third-order valence-corrected chi connectivity index (χ3v) is 7.99. The molecule has 0 spiro atoms. The summed E-state index contributed by atoms with van der Waals surface area (Å²) in [5.41, 5.74) is 1.83. The molecule has 1 fully saturated rings. The van der Waals surface area contributed by atoms with Crippen LogP contribution in [0.15, 0.2) is 63.2 Å². The summed E-state index contributed by atoms with van der Waals surface area (Å²) in [4.78, 5) is 31.2. The molecular weight excluding hydrogens is 507 g/mol. The zero-order chi connectivity index (χ0) is 25.3. The second-order valence-electron chi connectivity index (χ2n) is 8.37. The van der Waals surface area contributed by atoms with E-state index in [0.717, 1.165) is 0 Å². The molecule has 2 aliphatic heterocycles. The van der Waals surface area contributed by atoms with Gasteiger partial charge in [0.25, 0.3) is 15.9 Å². The predicted molar refractivity (Wildman–Crippen MR) is 132 cm³/mol. The summed E-state index contributed by atoms with van der Waals surface area (Å²) in [5, 5.41) is 4.66. The van der Waals surface area contributed by atoms with Gasteiger partial charge in [-0.15, -0.1) is 15.7 Å². The number of benzene rings is 2. The number of likely N-dealkylation sites (tertiary alicyclic amines) is 1. The number of nitrogens with zero attached hydrogens (tertiary/aromatic N) is 3. The molecule has 1 saturated heterocycles. The van der Waals surface area contributed by atoms with E-state index in [4.69, 9.17) is 4.74 Å². The number of ether oxygens (including phenoxy) is 1. The van der Waals surface area contributed by atoms with Gasteiger partial charge < -0.3 is 9.64 Å². The molecule has 12 heteroatoms. The number of carbonyl (C=O) groups is 2. The van der Waals surface area contributed by atoms with E-state index < -0.39 is 34.4 Å². The van der Waals surface area contributed by atoms with Gasteiger partial charge in [0, 0.05) is 29.6 Å². The maximum absolute atomic E-state index is 13.1. The topological polar surface area (TPSA) is 118 Å². The van der Waals surface area contributed by atoms with Crippen molar-refractivity contribution in [2.24, 2.45) is 10.3 Å². The summed E-state index contributed by atoms with van der Waals surface area (Å²) >= 11 is 1.20. The number of esters is 1. The SMILES string of the molecule is O=C(COC(=O)[C@H]1CCCN(C2=NS(=O)(=O)c3ccccc32)C1)Nc1nc(-c2ccc(F)cc2)cs1. The highest BCUT2D eigenvalue weighted by Crippen LogP contribution is 2.30. The lowest BCUT2D eigenvalue weighted by Gasteiger charge is -2.32. The summed E-state index contributed by atoms with van der Waals surface area (Å²) in [7, 11) is -3.76. The van der Waals surface area contributed by atoms with Crippen molar-refractivity contribution in [3.05, 3.63) is 65.3 Å². The number of anilines is 1. The number of hydrogen-bond acceptors (Lipinski definition) is 8. The van der Waals surface area contributed by atoms with Gasteiger partial charge in [-0.3, -0.25) is 14.9 Å². The van der Waals surface area contributed by atoms with Crippen LogP contribution in [0.25, 0.3) is 11.3 Å². The van der Waals surface area contributed by atoms with E-state index in [1.54, 1.807) is 40.6 Å². The summed E-state index contributed by atoms with van der Waals surface area (Å²) < 4.78 is 47.0. The largest absolute Gasteiger partial charge is 0.455 e. The molecule has 1 amide bonds. The van der Waals surface area contributed by atoms with Crippen LogP contribution in [0.3, 0.4) is 0 Å². The van der Waals surface area contributed by atoms with Gasteiger partial charge in [-0.2, -0.15) is 8.42 Å². The Morgan fingerprint density at radius 3 is 2.75 bits per heavy atom. The normalized spacial score (nSPS) is 18.3. The molecule has 1 atom stereocenters. The van der Waals surface area contributed by atoms with Gasteiger partial charge in [-0.1, -0.05) is 12.1 Å². The molecule has 0 aliphatic carbocycles. The highest BCUT2D eigenvalue weighted by molar-refractivity contribution is 7.90. The molecule has 1 aromatic heterocycles. The van der Waals surface area contributed by atoms with Crippen molar-refractivity contribution in [1.29, 1.82) is 0 Å². The maximum Gasteiger partial charge on any atom is 0.311 e. The summed E-state index contributed by atoms with van der Waals surface area (Å²) in [6.07, 6.45) is 1.21. The van der Waals surface area contributed by atoms with Gasteiger partial charge in [-0.05, 0) is 49.2 Å². The summed E-state index contributed by atoms with van der Waals surface area (Å²) in [6, 6.07) is 12.4. The van der Waals surface area contributed by atoms with Crippen molar-refractivity contribution < 1.29 is 27.1 Å². The number of thiazole rings is 1. The molecule has 186 valence electrons. The lowest BCUT2D eigenvalue weighted by molar-refractivity contribution is -0.152. The standard InChI is InChI=1S/C24H21FN4O5S2/c25-17-9-7-15(8-10-17)19-14-35-24(26-19)27-21(30)13-34-23(31)16-4-3-11-29(12-16)22-18-5-1-2-6-20(18)36(32,33)28-22/h1-2,5-10,14,16H,3-4,11-13H2,(H,26,27,30)/t16-/m0/s1. The Kier molecular flexibility index (Phi) is 6.54. The molecule has 2 aliphatic rings. The van der Waals surface area contributed by atoms with Crippen LogP contribution in [0.4, 0.5) is 9.52 Å². The molecule has 36 heavy (non-hydrogen) atoms. The molecule has 0 saturated carbocycles. The Bertz CT molecular complexity index is 1450. The highest BCUT2D eigenvalue weighted by Gasteiger charge is 2.35. The molecule has 3 heterocycles. The Labute approximate surface area is 210 Å². The first-order chi connectivity index (χ1) is 17.3. The fraction of sp³-hybridized carbons (Fsp3) is 0.250. The number of hydrogen-bond donors (Lipinski definition) is 1. The number of halogens is 1. The minimum atomic E-state index is -3.76. The van der Waals surface area contributed by atoms with Crippen LogP contribution in [-0.4, -0.2) is 55.7 Å². The molecule has 5 rings (SSSR count). The monoisotopic (exact) mass is 528 g/mol. The molecule has 1 N–H and O–H groups in total. The Morgan fingerprint density at radius 1 is 1.17 bits per heavy atom. The minimum absolute atomic E-state index is 0.158. The zero-order valence-corrected chi connectivity index (χ0v) is 20.5. The first kappa shape index (κ1) is 24.1. The molecule has 0 unspecified atom stereocenters. The number of sulfonamides is 1. The van der Waals surface area contributed by atoms with Crippen LogP contribution >= 0.6 is 11.3 Å². The lowest BCUT2D eigenvalue weighted by Crippen LogP contribution is -2.43. The Morgan fingerprint density at radius 2 is 1.94 bits per heavy atom. The predicted octanol–water partition coefficient (Wildman–Crippen LogP) is 3.29. The average molecular weight is 529 g/mol. The van der Waals surface area contributed by atoms with Crippen LogP contribution in [0, 0.1) is 11.7 Å². The second-order valence-corrected chi connectivity index (χ2v) is 10.8. The average Bonchev–Trinajstić information content (AvgIpc) is 3.45. The van der Waals surface area contributed by atoms with Crippen LogP contribution < -0.4 is 5.32 Å².